The molecule has 1 fully saturated rings. The number of hydrogen-bond acceptors (Lipinski definition) is 3. The number of benzene rings is 1. The van der Waals surface area contributed by atoms with Gasteiger partial charge in [0.2, 0.25) is 0 Å². The second kappa shape index (κ2) is 5.15. The van der Waals surface area contributed by atoms with Crippen LogP contribution in [0.15, 0.2) is 36.9 Å². The number of rotatable bonds is 6. The molecular formula is C14H17NO2. The lowest BCUT2D eigenvalue weighted by Crippen LogP contribution is -2.29. The molecule has 1 saturated carbocycles. The zero-order valence-corrected chi connectivity index (χ0v) is 9.76. The van der Waals surface area contributed by atoms with Crippen LogP contribution in [-0.2, 0) is 0 Å². The molecule has 2 N–H and O–H groups in total. The zero-order chi connectivity index (χ0) is 12.3. The molecule has 1 aliphatic rings. The Hall–Kier alpha value is -1.61. The standard InChI is InChI=1S/C14H17NO2/c1-2-4-13(15)14(16)10-5-3-6-12(9-10)17-11-7-8-11/h2-3,5-6,9,11,13H,1,4,7-8,15H2. The highest BCUT2D eigenvalue weighted by molar-refractivity contribution is 6.00. The Balaban J connectivity index is 2.08. The van der Waals surface area contributed by atoms with E-state index < -0.39 is 6.04 Å². The van der Waals surface area contributed by atoms with E-state index in [4.69, 9.17) is 10.5 Å². The third-order valence-corrected chi connectivity index (χ3v) is 2.70. The molecule has 1 unspecified atom stereocenters. The fraction of sp³-hybridized carbons (Fsp3) is 0.357. The van der Waals surface area contributed by atoms with Gasteiger partial charge in [0, 0.05) is 5.56 Å². The van der Waals surface area contributed by atoms with Crippen molar-refractivity contribution >= 4 is 5.78 Å². The fourth-order valence-corrected chi connectivity index (χ4v) is 1.60. The monoisotopic (exact) mass is 231 g/mol. The first-order valence-corrected chi connectivity index (χ1v) is 5.88. The predicted molar refractivity (Wildman–Crippen MR) is 67.2 cm³/mol. The van der Waals surface area contributed by atoms with Gasteiger partial charge in [-0.3, -0.25) is 4.79 Å². The number of hydrogen-bond donors (Lipinski definition) is 1. The minimum absolute atomic E-state index is 0.0638. The minimum Gasteiger partial charge on any atom is -0.490 e. The molecule has 90 valence electrons. The highest BCUT2D eigenvalue weighted by atomic mass is 16.5. The van der Waals surface area contributed by atoms with Crippen molar-refractivity contribution in [3.05, 3.63) is 42.5 Å². The molecule has 17 heavy (non-hydrogen) atoms. The van der Waals surface area contributed by atoms with Crippen molar-refractivity contribution in [2.45, 2.75) is 31.4 Å². The van der Waals surface area contributed by atoms with Crippen LogP contribution in [-0.4, -0.2) is 17.9 Å². The van der Waals surface area contributed by atoms with E-state index in [2.05, 4.69) is 6.58 Å². The van der Waals surface area contributed by atoms with Crippen molar-refractivity contribution in [2.24, 2.45) is 5.73 Å². The van der Waals surface area contributed by atoms with Gasteiger partial charge in [-0.25, -0.2) is 0 Å². The van der Waals surface area contributed by atoms with Crippen LogP contribution in [0.25, 0.3) is 0 Å². The van der Waals surface area contributed by atoms with E-state index >= 15 is 0 Å². The van der Waals surface area contributed by atoms with Crippen LogP contribution >= 0.6 is 0 Å². The van der Waals surface area contributed by atoms with Crippen molar-refractivity contribution in [1.29, 1.82) is 0 Å². The number of carbonyl (C=O) groups is 1. The maximum absolute atomic E-state index is 12.0. The Morgan fingerprint density at radius 1 is 1.59 bits per heavy atom. The van der Waals surface area contributed by atoms with Crippen LogP contribution in [0.1, 0.15) is 29.6 Å². The molecule has 1 aromatic carbocycles. The van der Waals surface area contributed by atoms with Gasteiger partial charge in [-0.15, -0.1) is 6.58 Å². The van der Waals surface area contributed by atoms with Crippen LogP contribution in [0.5, 0.6) is 5.75 Å². The summed E-state index contributed by atoms with van der Waals surface area (Å²) in [5.74, 6) is 0.690. The van der Waals surface area contributed by atoms with Gasteiger partial charge in [0.05, 0.1) is 12.1 Å². The average Bonchev–Trinajstić information content (AvgIpc) is 3.12. The first-order valence-electron chi connectivity index (χ1n) is 5.88. The Bertz CT molecular complexity index is 424. The normalized spacial score (nSPS) is 16.3. The first-order chi connectivity index (χ1) is 8.20. The second-order valence-electron chi connectivity index (χ2n) is 4.34. The number of ether oxygens (including phenoxy) is 1. The molecule has 0 bridgehead atoms. The molecule has 1 atom stereocenters. The van der Waals surface area contributed by atoms with Crippen LogP contribution in [0, 0.1) is 0 Å². The average molecular weight is 231 g/mol. The lowest BCUT2D eigenvalue weighted by atomic mass is 10.0. The molecule has 3 nitrogen and oxygen atoms in total. The number of ketones is 1. The number of nitrogens with two attached hydrogens (primary N) is 1. The lowest BCUT2D eigenvalue weighted by Gasteiger charge is -2.10. The SMILES string of the molecule is C=CCC(N)C(=O)c1cccc(OC2CC2)c1. The maximum Gasteiger partial charge on any atom is 0.179 e. The zero-order valence-electron chi connectivity index (χ0n) is 9.76. The van der Waals surface area contributed by atoms with Gasteiger partial charge in [0.15, 0.2) is 5.78 Å². The van der Waals surface area contributed by atoms with E-state index in [0.717, 1.165) is 18.6 Å². The molecule has 0 aromatic heterocycles. The van der Waals surface area contributed by atoms with Crippen molar-refractivity contribution in [2.75, 3.05) is 0 Å². The number of Topliss-reactive ketones (excluding diaryl/α,β-unsaturated/α-hetero) is 1. The van der Waals surface area contributed by atoms with E-state index in [-0.39, 0.29) is 5.78 Å². The first kappa shape index (κ1) is 11.9. The molecule has 1 aromatic rings. The second-order valence-corrected chi connectivity index (χ2v) is 4.34. The summed E-state index contributed by atoms with van der Waals surface area (Å²) in [6.45, 7) is 3.59. The van der Waals surface area contributed by atoms with Crippen molar-refractivity contribution in [3.8, 4) is 5.75 Å². The third kappa shape index (κ3) is 3.17. The van der Waals surface area contributed by atoms with Crippen molar-refractivity contribution in [1.82, 2.24) is 0 Å². The molecule has 3 heteroatoms. The molecule has 2 rings (SSSR count). The summed E-state index contributed by atoms with van der Waals surface area (Å²) in [6, 6.07) is 6.72. The summed E-state index contributed by atoms with van der Waals surface area (Å²) in [6.07, 6.45) is 4.70. The maximum atomic E-state index is 12.0. The van der Waals surface area contributed by atoms with Gasteiger partial charge in [-0.05, 0) is 31.4 Å². The van der Waals surface area contributed by atoms with Gasteiger partial charge in [0.25, 0.3) is 0 Å². The smallest absolute Gasteiger partial charge is 0.179 e. The predicted octanol–water partition coefficient (Wildman–Crippen LogP) is 2.31. The summed E-state index contributed by atoms with van der Waals surface area (Å²) in [5.41, 5.74) is 6.37. The summed E-state index contributed by atoms with van der Waals surface area (Å²) < 4.78 is 5.64. The summed E-state index contributed by atoms with van der Waals surface area (Å²) in [4.78, 5) is 12.0. The van der Waals surface area contributed by atoms with E-state index in [9.17, 15) is 4.79 Å². The summed E-state index contributed by atoms with van der Waals surface area (Å²) in [5, 5.41) is 0. The molecule has 0 heterocycles. The van der Waals surface area contributed by atoms with Gasteiger partial charge < -0.3 is 10.5 Å². The highest BCUT2D eigenvalue weighted by Crippen LogP contribution is 2.27. The van der Waals surface area contributed by atoms with Gasteiger partial charge in [-0.2, -0.15) is 0 Å². The molecule has 0 saturated heterocycles. The van der Waals surface area contributed by atoms with Crippen LogP contribution in [0.3, 0.4) is 0 Å². The third-order valence-electron chi connectivity index (χ3n) is 2.70. The Morgan fingerprint density at radius 3 is 3.00 bits per heavy atom. The van der Waals surface area contributed by atoms with Gasteiger partial charge >= 0.3 is 0 Å². The van der Waals surface area contributed by atoms with Gasteiger partial charge in [-0.1, -0.05) is 18.2 Å². The topological polar surface area (TPSA) is 52.3 Å². The lowest BCUT2D eigenvalue weighted by molar-refractivity contribution is 0.0961. The van der Waals surface area contributed by atoms with E-state index in [0.29, 0.717) is 18.1 Å². The van der Waals surface area contributed by atoms with Crippen LogP contribution < -0.4 is 10.5 Å². The molecule has 0 spiro atoms. The van der Waals surface area contributed by atoms with E-state index in [1.807, 2.05) is 12.1 Å². The fourth-order valence-electron chi connectivity index (χ4n) is 1.60. The molecule has 1 aliphatic carbocycles. The Labute approximate surface area is 101 Å². The van der Waals surface area contributed by atoms with Crippen molar-refractivity contribution < 1.29 is 9.53 Å². The molecule has 0 aliphatic heterocycles. The summed E-state index contributed by atoms with van der Waals surface area (Å²) >= 11 is 0. The van der Waals surface area contributed by atoms with E-state index in [1.165, 1.54) is 0 Å². The van der Waals surface area contributed by atoms with Gasteiger partial charge in [0.1, 0.15) is 5.75 Å². The number of carbonyl (C=O) groups excluding carboxylic acids is 1. The minimum atomic E-state index is -0.510. The van der Waals surface area contributed by atoms with E-state index in [1.54, 1.807) is 18.2 Å². The molecular weight excluding hydrogens is 214 g/mol. The largest absolute Gasteiger partial charge is 0.490 e. The van der Waals surface area contributed by atoms with Crippen molar-refractivity contribution in [3.63, 3.8) is 0 Å². The molecule has 0 amide bonds. The quantitative estimate of drug-likeness (QED) is 0.603. The molecule has 0 radical (unpaired) electrons. The summed E-state index contributed by atoms with van der Waals surface area (Å²) in [7, 11) is 0. The van der Waals surface area contributed by atoms with Crippen LogP contribution in [0.2, 0.25) is 0 Å². The Kier molecular flexibility index (Phi) is 3.59. The van der Waals surface area contributed by atoms with Crippen LogP contribution in [0.4, 0.5) is 0 Å². The Morgan fingerprint density at radius 2 is 2.35 bits per heavy atom. The highest BCUT2D eigenvalue weighted by Gasteiger charge is 2.24.